The van der Waals surface area contributed by atoms with E-state index in [0.717, 1.165) is 33.6 Å². The molecule has 0 unspecified atom stereocenters. The van der Waals surface area contributed by atoms with Crippen LogP contribution in [0.4, 0.5) is 0 Å². The molecule has 0 spiro atoms. The summed E-state index contributed by atoms with van der Waals surface area (Å²) in [5, 5.41) is 10.4. The number of hydrogen-bond acceptors (Lipinski definition) is 5. The Bertz CT molecular complexity index is 1450. The molecule has 34 heavy (non-hydrogen) atoms. The van der Waals surface area contributed by atoms with Crippen LogP contribution >= 0.6 is 22.9 Å². The average Bonchev–Trinajstić information content (AvgIpc) is 3.11. The molecule has 0 saturated carbocycles. The third-order valence-corrected chi connectivity index (χ3v) is 7.04. The molecule has 1 aromatic heterocycles. The highest BCUT2D eigenvalue weighted by Crippen LogP contribution is 2.24. The molecule has 3 aromatic rings. The van der Waals surface area contributed by atoms with Crippen LogP contribution in [0.1, 0.15) is 22.3 Å². The van der Waals surface area contributed by atoms with Crippen molar-refractivity contribution < 1.29 is 9.53 Å². The molecular weight excluding hydrogens is 470 g/mol. The van der Waals surface area contributed by atoms with Crippen LogP contribution in [0.2, 0.25) is 5.02 Å². The zero-order valence-corrected chi connectivity index (χ0v) is 20.8. The van der Waals surface area contributed by atoms with E-state index in [1.54, 1.807) is 17.0 Å². The fourth-order valence-electron chi connectivity index (χ4n) is 3.97. The molecule has 174 valence electrons. The van der Waals surface area contributed by atoms with Gasteiger partial charge in [0, 0.05) is 13.1 Å². The number of carbonyl (C=O) groups is 1. The summed E-state index contributed by atoms with van der Waals surface area (Å²) < 4.78 is 7.45. The number of ether oxygens (including phenoxy) is 1. The lowest BCUT2D eigenvalue weighted by Gasteiger charge is -2.26. The number of aromatic nitrogens is 1. The third kappa shape index (κ3) is 4.71. The third-order valence-electron chi connectivity index (χ3n) is 5.66. The number of nitriles is 1. The molecule has 0 atom stereocenters. The zero-order chi connectivity index (χ0) is 24.4. The minimum absolute atomic E-state index is 0.0800. The van der Waals surface area contributed by atoms with Crippen molar-refractivity contribution in [2.24, 2.45) is 0 Å². The topological polar surface area (TPSA) is 75.3 Å². The van der Waals surface area contributed by atoms with Gasteiger partial charge in [-0.25, -0.2) is 0 Å². The SMILES string of the molecule is Cc1ccc(C=c2sc(=C(C#N)C(=O)N3CCOCC3)n(-c3c(C)cc(C)cc3Cl)c2=O)cc1. The van der Waals surface area contributed by atoms with Crippen LogP contribution in [0, 0.1) is 32.1 Å². The molecule has 0 bridgehead atoms. The largest absolute Gasteiger partial charge is 0.378 e. The van der Waals surface area contributed by atoms with E-state index in [9.17, 15) is 14.9 Å². The van der Waals surface area contributed by atoms with Gasteiger partial charge >= 0.3 is 0 Å². The molecule has 0 radical (unpaired) electrons. The Balaban J connectivity index is 2.05. The van der Waals surface area contributed by atoms with E-state index in [1.165, 1.54) is 4.57 Å². The molecule has 1 saturated heterocycles. The molecule has 4 rings (SSSR count). The highest BCUT2D eigenvalue weighted by molar-refractivity contribution is 7.07. The van der Waals surface area contributed by atoms with Crippen molar-refractivity contribution in [1.29, 1.82) is 5.26 Å². The van der Waals surface area contributed by atoms with Gasteiger partial charge in [-0.15, -0.1) is 11.3 Å². The fourth-order valence-corrected chi connectivity index (χ4v) is 5.46. The Kier molecular flexibility index (Phi) is 7.03. The standard InChI is InChI=1S/C26H24ClN3O3S/c1-16-4-6-19(7-5-16)14-22-25(32)30(23-18(3)12-17(2)13-21(23)27)26(34-22)20(15-28)24(31)29-8-10-33-11-9-29/h4-7,12-14H,8-11H2,1-3H3. The first-order valence-electron chi connectivity index (χ1n) is 10.9. The minimum Gasteiger partial charge on any atom is -0.378 e. The smallest absolute Gasteiger partial charge is 0.273 e. The van der Waals surface area contributed by atoms with E-state index in [2.05, 4.69) is 6.07 Å². The first-order chi connectivity index (χ1) is 16.3. The van der Waals surface area contributed by atoms with Crippen LogP contribution in [0.15, 0.2) is 41.2 Å². The van der Waals surface area contributed by atoms with Gasteiger partial charge in [0.2, 0.25) is 0 Å². The molecule has 8 heteroatoms. The second-order valence-corrected chi connectivity index (χ2v) is 9.71. The number of rotatable bonds is 3. The number of carbonyl (C=O) groups excluding carboxylic acids is 1. The molecule has 2 aromatic carbocycles. The van der Waals surface area contributed by atoms with Gasteiger partial charge in [-0.1, -0.05) is 47.5 Å². The quantitative estimate of drug-likeness (QED) is 0.562. The molecule has 0 aliphatic carbocycles. The summed E-state index contributed by atoms with van der Waals surface area (Å²) in [6.45, 7) is 7.40. The molecule has 1 amide bonds. The Hall–Kier alpha value is -3.18. The van der Waals surface area contributed by atoms with Crippen molar-refractivity contribution in [2.45, 2.75) is 20.8 Å². The molecular formula is C26H24ClN3O3S. The van der Waals surface area contributed by atoms with Gasteiger partial charge in [0.05, 0.1) is 28.5 Å². The first-order valence-corrected chi connectivity index (χ1v) is 12.1. The summed E-state index contributed by atoms with van der Waals surface area (Å²) in [5.74, 6) is -0.413. The van der Waals surface area contributed by atoms with Gasteiger partial charge in [0.15, 0.2) is 5.57 Å². The highest BCUT2D eigenvalue weighted by atomic mass is 35.5. The van der Waals surface area contributed by atoms with E-state index in [0.29, 0.717) is 41.5 Å². The van der Waals surface area contributed by atoms with Gasteiger partial charge < -0.3 is 9.64 Å². The number of nitrogens with zero attached hydrogens (tertiary/aromatic N) is 3. The number of thiazole rings is 1. The molecule has 0 N–H and O–H groups in total. The molecule has 6 nitrogen and oxygen atoms in total. The lowest BCUT2D eigenvalue weighted by molar-refractivity contribution is -0.128. The Morgan fingerprint density at radius 2 is 1.79 bits per heavy atom. The van der Waals surface area contributed by atoms with Gasteiger partial charge in [-0.3, -0.25) is 14.2 Å². The van der Waals surface area contributed by atoms with Crippen LogP contribution in [0.25, 0.3) is 17.3 Å². The average molecular weight is 494 g/mol. The van der Waals surface area contributed by atoms with Crippen molar-refractivity contribution in [3.8, 4) is 11.8 Å². The van der Waals surface area contributed by atoms with Crippen molar-refractivity contribution in [1.82, 2.24) is 9.47 Å². The second kappa shape index (κ2) is 9.98. The van der Waals surface area contributed by atoms with Gasteiger partial charge in [0.1, 0.15) is 10.7 Å². The maximum atomic E-state index is 13.7. The predicted octanol–water partition coefficient (Wildman–Crippen LogP) is 2.84. The minimum atomic E-state index is -0.413. The number of amides is 1. The molecule has 1 aliphatic rings. The zero-order valence-electron chi connectivity index (χ0n) is 19.2. The Morgan fingerprint density at radius 3 is 2.41 bits per heavy atom. The van der Waals surface area contributed by atoms with Crippen LogP contribution in [-0.2, 0) is 9.53 Å². The lowest BCUT2D eigenvalue weighted by Crippen LogP contribution is -2.42. The monoisotopic (exact) mass is 493 g/mol. The van der Waals surface area contributed by atoms with Crippen LogP contribution in [0.3, 0.4) is 0 Å². The van der Waals surface area contributed by atoms with Gasteiger partial charge in [-0.05, 0) is 49.6 Å². The van der Waals surface area contributed by atoms with Gasteiger partial charge in [-0.2, -0.15) is 5.26 Å². The summed E-state index contributed by atoms with van der Waals surface area (Å²) in [6.07, 6.45) is 1.78. The first kappa shape index (κ1) is 24.0. The van der Waals surface area contributed by atoms with Gasteiger partial charge in [0.25, 0.3) is 11.5 Å². The Morgan fingerprint density at radius 1 is 1.12 bits per heavy atom. The van der Waals surface area contributed by atoms with Crippen molar-refractivity contribution in [3.63, 3.8) is 0 Å². The van der Waals surface area contributed by atoms with E-state index < -0.39 is 5.91 Å². The molecule has 2 heterocycles. The van der Waals surface area contributed by atoms with Crippen LogP contribution in [-0.4, -0.2) is 41.7 Å². The summed E-state index contributed by atoms with van der Waals surface area (Å²) in [4.78, 5) is 28.6. The summed E-state index contributed by atoms with van der Waals surface area (Å²) in [5.41, 5.74) is 3.78. The van der Waals surface area contributed by atoms with Crippen molar-refractivity contribution >= 4 is 40.5 Å². The van der Waals surface area contributed by atoms with Crippen LogP contribution in [0.5, 0.6) is 0 Å². The number of hydrogen-bond donors (Lipinski definition) is 0. The van der Waals surface area contributed by atoms with E-state index in [1.807, 2.05) is 51.1 Å². The Labute approximate surface area is 206 Å². The summed E-state index contributed by atoms with van der Waals surface area (Å²) in [7, 11) is 0. The maximum absolute atomic E-state index is 13.7. The molecule has 1 fully saturated rings. The summed E-state index contributed by atoms with van der Waals surface area (Å²) in [6, 6.07) is 13.6. The number of benzene rings is 2. The predicted molar refractivity (Wildman–Crippen MR) is 135 cm³/mol. The second-order valence-electron chi connectivity index (χ2n) is 8.27. The van der Waals surface area contributed by atoms with Crippen LogP contribution < -0.4 is 14.8 Å². The number of morpholine rings is 1. The number of halogens is 1. The van der Waals surface area contributed by atoms with Crippen molar-refractivity contribution in [2.75, 3.05) is 26.3 Å². The van der Waals surface area contributed by atoms with E-state index >= 15 is 0 Å². The fraction of sp³-hybridized carbons (Fsp3) is 0.269. The molecule has 1 aliphatic heterocycles. The number of aryl methyl sites for hydroxylation is 3. The maximum Gasteiger partial charge on any atom is 0.273 e. The van der Waals surface area contributed by atoms with E-state index in [-0.39, 0.29) is 15.8 Å². The highest BCUT2D eigenvalue weighted by Gasteiger charge is 2.25. The van der Waals surface area contributed by atoms with E-state index in [4.69, 9.17) is 16.3 Å². The van der Waals surface area contributed by atoms with Crippen molar-refractivity contribution in [3.05, 3.63) is 83.2 Å². The summed E-state index contributed by atoms with van der Waals surface area (Å²) >= 11 is 7.73. The normalized spacial score (nSPS) is 15.3. The lowest BCUT2D eigenvalue weighted by atomic mass is 10.1.